The Morgan fingerprint density at radius 3 is 2.41 bits per heavy atom. The zero-order chi connectivity index (χ0) is 19.2. The smallest absolute Gasteiger partial charge is 0.548 e. The summed E-state index contributed by atoms with van der Waals surface area (Å²) in [5, 5.41) is 30.3. The first-order valence-corrected chi connectivity index (χ1v) is 9.58. The van der Waals surface area contributed by atoms with Gasteiger partial charge in [0.2, 0.25) is 5.91 Å². The van der Waals surface area contributed by atoms with Crippen molar-refractivity contribution in [2.75, 3.05) is 39.3 Å². The SMILES string of the molecule is CC1(C)S[C@@H]2[C@H]([C@H](O)C(=O)N3CCN(CCO)CC3)C(=O)N2[C@H]1C(=O)[O-].[Na+]. The fraction of sp³-hybridized carbons (Fsp3) is 0.812. The van der Waals surface area contributed by atoms with Crippen molar-refractivity contribution in [3.8, 4) is 0 Å². The minimum atomic E-state index is -1.48. The second-order valence-corrected chi connectivity index (χ2v) is 9.21. The number of rotatable bonds is 5. The van der Waals surface area contributed by atoms with Crippen LogP contribution in [0.5, 0.6) is 0 Å². The van der Waals surface area contributed by atoms with Gasteiger partial charge in [-0.05, 0) is 13.8 Å². The molecule has 3 saturated heterocycles. The van der Waals surface area contributed by atoms with E-state index < -0.39 is 46.0 Å². The van der Waals surface area contributed by atoms with Gasteiger partial charge in [-0.15, -0.1) is 11.8 Å². The first-order chi connectivity index (χ1) is 12.2. The molecule has 3 heterocycles. The molecule has 0 unspecified atom stereocenters. The van der Waals surface area contributed by atoms with E-state index in [0.717, 1.165) is 0 Å². The van der Waals surface area contributed by atoms with Crippen molar-refractivity contribution < 1.29 is 59.3 Å². The monoisotopic (exact) mass is 409 g/mol. The second kappa shape index (κ2) is 8.56. The van der Waals surface area contributed by atoms with E-state index in [-0.39, 0.29) is 36.2 Å². The molecular weight excluding hydrogens is 385 g/mol. The number of thioether (sulfide) groups is 1. The fourth-order valence-corrected chi connectivity index (χ4v) is 5.70. The zero-order valence-electron chi connectivity index (χ0n) is 15.8. The van der Waals surface area contributed by atoms with E-state index in [0.29, 0.717) is 32.7 Å². The first-order valence-electron chi connectivity index (χ1n) is 8.70. The van der Waals surface area contributed by atoms with Gasteiger partial charge in [0, 0.05) is 37.5 Å². The van der Waals surface area contributed by atoms with Crippen molar-refractivity contribution in [1.29, 1.82) is 0 Å². The van der Waals surface area contributed by atoms with Gasteiger partial charge in [0.25, 0.3) is 5.91 Å². The van der Waals surface area contributed by atoms with Crippen LogP contribution >= 0.6 is 11.8 Å². The molecule has 11 heteroatoms. The molecule has 0 aromatic heterocycles. The van der Waals surface area contributed by atoms with E-state index in [1.807, 2.05) is 4.90 Å². The van der Waals surface area contributed by atoms with Crippen LogP contribution in [0.4, 0.5) is 0 Å². The molecule has 9 nitrogen and oxygen atoms in total. The number of carboxylic acid groups (broad SMARTS) is 1. The van der Waals surface area contributed by atoms with Crippen LogP contribution in [0, 0.1) is 5.92 Å². The first kappa shape index (κ1) is 22.9. The maximum atomic E-state index is 12.6. The molecule has 146 valence electrons. The van der Waals surface area contributed by atoms with Crippen LogP contribution in [0.3, 0.4) is 0 Å². The Hall–Kier alpha value is -0.360. The van der Waals surface area contributed by atoms with Crippen molar-refractivity contribution in [3.05, 3.63) is 0 Å². The molecule has 2 amide bonds. The minimum absolute atomic E-state index is 0. The summed E-state index contributed by atoms with van der Waals surface area (Å²) in [6, 6.07) is -1.06. The summed E-state index contributed by atoms with van der Waals surface area (Å²) in [7, 11) is 0. The van der Waals surface area contributed by atoms with E-state index in [9.17, 15) is 24.6 Å². The van der Waals surface area contributed by atoms with E-state index in [2.05, 4.69) is 0 Å². The van der Waals surface area contributed by atoms with Crippen LogP contribution in [0.2, 0.25) is 0 Å². The summed E-state index contributed by atoms with van der Waals surface area (Å²) in [6.07, 6.45) is -1.48. The molecule has 4 atom stereocenters. The van der Waals surface area contributed by atoms with Crippen molar-refractivity contribution in [2.45, 2.75) is 36.1 Å². The molecule has 0 aromatic rings. The average Bonchev–Trinajstić information content (AvgIpc) is 2.83. The second-order valence-electron chi connectivity index (χ2n) is 7.44. The molecule has 0 bridgehead atoms. The average molecular weight is 409 g/mol. The standard InChI is InChI=1S/C16H25N3O6S.Na/c1-16(2)11(15(24)25)19-12(22)9(14(19)26-16)10(21)13(23)18-5-3-17(4-6-18)7-8-20;/h9-11,14,20-21H,3-8H2,1-2H3,(H,24,25);/q;+1/p-1/t9-,10+,11+,14-;/m1./s1. The Labute approximate surface area is 184 Å². The number of piperazine rings is 1. The Balaban J connectivity index is 0.00000261. The number of carbonyl (C=O) groups excluding carboxylic acids is 3. The summed E-state index contributed by atoms with van der Waals surface area (Å²) in [4.78, 5) is 41.3. The molecule has 2 N–H and O–H groups in total. The molecule has 3 aliphatic rings. The van der Waals surface area contributed by atoms with Gasteiger partial charge in [-0.25, -0.2) is 0 Å². The molecule has 0 aliphatic carbocycles. The van der Waals surface area contributed by atoms with E-state index in [4.69, 9.17) is 5.11 Å². The van der Waals surface area contributed by atoms with Gasteiger partial charge < -0.3 is 29.9 Å². The van der Waals surface area contributed by atoms with Crippen LogP contribution in [0.15, 0.2) is 0 Å². The molecule has 0 spiro atoms. The maximum Gasteiger partial charge on any atom is 1.00 e. The van der Waals surface area contributed by atoms with Crippen LogP contribution in [-0.4, -0.2) is 104 Å². The molecule has 3 rings (SSSR count). The number of nitrogens with zero attached hydrogens (tertiary/aromatic N) is 3. The van der Waals surface area contributed by atoms with Crippen LogP contribution < -0.4 is 34.7 Å². The summed E-state index contributed by atoms with van der Waals surface area (Å²) in [5.74, 6) is -3.26. The summed E-state index contributed by atoms with van der Waals surface area (Å²) >= 11 is 1.28. The van der Waals surface area contributed by atoms with Crippen LogP contribution in [-0.2, 0) is 14.4 Å². The minimum Gasteiger partial charge on any atom is -0.548 e. The molecule has 0 saturated carbocycles. The molecule has 27 heavy (non-hydrogen) atoms. The summed E-state index contributed by atoms with van der Waals surface area (Å²) in [5.41, 5.74) is 0. The van der Waals surface area contributed by atoms with Crippen LogP contribution in [0.1, 0.15) is 13.8 Å². The topological polar surface area (TPSA) is 124 Å². The van der Waals surface area contributed by atoms with Gasteiger partial charge in [-0.3, -0.25) is 14.5 Å². The van der Waals surface area contributed by atoms with E-state index in [1.165, 1.54) is 21.6 Å². The van der Waals surface area contributed by atoms with Crippen LogP contribution in [0.25, 0.3) is 0 Å². The maximum absolute atomic E-state index is 12.6. The van der Waals surface area contributed by atoms with Crippen molar-refractivity contribution in [1.82, 2.24) is 14.7 Å². The number of β-lactam (4-membered cyclic amide) rings is 1. The quantitative estimate of drug-likeness (QED) is 0.340. The van der Waals surface area contributed by atoms with Crippen molar-refractivity contribution in [3.63, 3.8) is 0 Å². The normalized spacial score (nSPS) is 31.0. The number of β-amino-alcohol motifs (C(OH)–C–C–N with tert-alkyl or cyclic N) is 1. The number of hydrogen-bond acceptors (Lipinski definition) is 8. The fourth-order valence-electron chi connectivity index (χ4n) is 3.99. The van der Waals surface area contributed by atoms with Gasteiger partial charge >= 0.3 is 29.6 Å². The number of fused-ring (bicyclic) bond motifs is 1. The third-order valence-electron chi connectivity index (χ3n) is 5.40. The van der Waals surface area contributed by atoms with E-state index >= 15 is 0 Å². The number of aliphatic hydroxyl groups is 2. The number of aliphatic hydroxyl groups excluding tert-OH is 2. The van der Waals surface area contributed by atoms with Gasteiger partial charge in [0.15, 0.2) is 0 Å². The Kier molecular flexibility index (Phi) is 7.27. The summed E-state index contributed by atoms with van der Waals surface area (Å²) < 4.78 is -0.743. The Bertz CT molecular complexity index is 613. The van der Waals surface area contributed by atoms with Gasteiger partial charge in [-0.1, -0.05) is 0 Å². The largest absolute Gasteiger partial charge is 1.00 e. The predicted molar refractivity (Wildman–Crippen MR) is 90.7 cm³/mol. The van der Waals surface area contributed by atoms with Gasteiger partial charge in [-0.2, -0.15) is 0 Å². The third kappa shape index (κ3) is 4.03. The van der Waals surface area contributed by atoms with E-state index in [1.54, 1.807) is 13.8 Å². The van der Waals surface area contributed by atoms with Gasteiger partial charge in [0.05, 0.1) is 24.0 Å². The number of hydrogen-bond donors (Lipinski definition) is 2. The molecule has 3 aliphatic heterocycles. The number of carboxylic acids is 1. The number of carbonyl (C=O) groups is 3. The molecular formula is C16H24N3NaO6S. The molecule has 0 aromatic carbocycles. The third-order valence-corrected chi connectivity index (χ3v) is 6.99. The number of amides is 2. The zero-order valence-corrected chi connectivity index (χ0v) is 18.6. The predicted octanol–water partition coefficient (Wildman–Crippen LogP) is -6.08. The summed E-state index contributed by atoms with van der Waals surface area (Å²) in [6.45, 7) is 6.07. The molecule has 0 radical (unpaired) electrons. The molecule has 3 fully saturated rings. The Morgan fingerprint density at radius 1 is 1.30 bits per heavy atom. The Morgan fingerprint density at radius 2 is 1.89 bits per heavy atom. The van der Waals surface area contributed by atoms with Crippen molar-refractivity contribution in [2.24, 2.45) is 5.92 Å². The number of aliphatic carboxylic acids is 1. The van der Waals surface area contributed by atoms with Gasteiger partial charge in [0.1, 0.15) is 12.0 Å². The van der Waals surface area contributed by atoms with Crippen molar-refractivity contribution >= 4 is 29.5 Å².